The zero-order valence-electron chi connectivity index (χ0n) is 14.2. The molecular weight excluding hydrogens is 330 g/mol. The summed E-state index contributed by atoms with van der Waals surface area (Å²) in [6, 6.07) is 8.53. The van der Waals surface area contributed by atoms with Crippen LogP contribution in [0.25, 0.3) is 0 Å². The van der Waals surface area contributed by atoms with Gasteiger partial charge in [-0.25, -0.2) is 4.79 Å². The molecule has 1 N–H and O–H groups in total. The van der Waals surface area contributed by atoms with E-state index in [2.05, 4.69) is 14.8 Å². The van der Waals surface area contributed by atoms with Crippen LogP contribution in [0.4, 0.5) is 0 Å². The lowest BCUT2D eigenvalue weighted by Gasteiger charge is -2.16. The largest absolute Gasteiger partial charge is 0.469 e. The Labute approximate surface area is 145 Å². The molecule has 0 fully saturated rings. The summed E-state index contributed by atoms with van der Waals surface area (Å²) in [5, 5.41) is 2.26. The minimum Gasteiger partial charge on any atom is -0.469 e. The number of hydrogen-bond donors (Lipinski definition) is 1. The molecule has 0 bridgehead atoms. The van der Waals surface area contributed by atoms with Gasteiger partial charge in [0.1, 0.15) is 0 Å². The minimum absolute atomic E-state index is 0.165. The summed E-state index contributed by atoms with van der Waals surface area (Å²) in [5.74, 6) is -3.40. The van der Waals surface area contributed by atoms with Crippen LogP contribution in [0.3, 0.4) is 0 Å². The number of benzene rings is 1. The SMILES string of the molecule is COC(=O)C[C@@H](CC(=O)OCCc1ccccc1)NC(=O)C(=O)OC. The fourth-order valence-corrected chi connectivity index (χ4v) is 1.98. The minimum atomic E-state index is -1.12. The molecule has 1 rings (SSSR count). The number of amides is 1. The molecule has 1 amide bonds. The molecule has 0 aliphatic heterocycles. The Bertz CT molecular complexity index is 600. The molecule has 1 aromatic carbocycles. The second-order valence-electron chi connectivity index (χ2n) is 5.10. The third-order valence-electron chi connectivity index (χ3n) is 3.26. The van der Waals surface area contributed by atoms with E-state index in [1.807, 2.05) is 30.3 Å². The molecule has 136 valence electrons. The molecule has 0 spiro atoms. The smallest absolute Gasteiger partial charge is 0.396 e. The topological polar surface area (TPSA) is 108 Å². The number of ether oxygens (including phenoxy) is 3. The number of nitrogens with one attached hydrogen (secondary N) is 1. The van der Waals surface area contributed by atoms with Crippen LogP contribution in [-0.4, -0.2) is 50.7 Å². The molecule has 0 aromatic heterocycles. The van der Waals surface area contributed by atoms with E-state index in [0.29, 0.717) is 6.42 Å². The van der Waals surface area contributed by atoms with Gasteiger partial charge in [-0.3, -0.25) is 14.4 Å². The average molecular weight is 351 g/mol. The maximum atomic E-state index is 11.9. The van der Waals surface area contributed by atoms with E-state index >= 15 is 0 Å². The number of carbonyl (C=O) groups excluding carboxylic acids is 4. The summed E-state index contributed by atoms with van der Waals surface area (Å²) in [6.07, 6.45) is 0.00239. The molecule has 0 aliphatic carbocycles. The van der Waals surface area contributed by atoms with Gasteiger partial charge in [0.2, 0.25) is 0 Å². The van der Waals surface area contributed by atoms with E-state index in [1.54, 1.807) is 0 Å². The summed E-state index contributed by atoms with van der Waals surface area (Å²) in [4.78, 5) is 46.0. The molecule has 0 saturated carbocycles. The van der Waals surface area contributed by atoms with Crippen LogP contribution in [0.1, 0.15) is 18.4 Å². The highest BCUT2D eigenvalue weighted by molar-refractivity contribution is 6.32. The van der Waals surface area contributed by atoms with Gasteiger partial charge >= 0.3 is 23.8 Å². The Morgan fingerprint density at radius 2 is 1.60 bits per heavy atom. The highest BCUT2D eigenvalue weighted by Crippen LogP contribution is 2.04. The highest BCUT2D eigenvalue weighted by atomic mass is 16.5. The van der Waals surface area contributed by atoms with Crippen LogP contribution in [0.5, 0.6) is 0 Å². The summed E-state index contributed by atoms with van der Waals surface area (Å²) in [7, 11) is 2.23. The lowest BCUT2D eigenvalue weighted by atomic mass is 10.1. The second kappa shape index (κ2) is 10.8. The van der Waals surface area contributed by atoms with Crippen molar-refractivity contribution in [1.82, 2.24) is 5.32 Å². The maximum Gasteiger partial charge on any atom is 0.396 e. The van der Waals surface area contributed by atoms with Crippen molar-refractivity contribution in [3.8, 4) is 0 Å². The van der Waals surface area contributed by atoms with Crippen LogP contribution in [0.15, 0.2) is 30.3 Å². The normalized spacial score (nSPS) is 11.1. The van der Waals surface area contributed by atoms with Crippen LogP contribution < -0.4 is 5.32 Å². The first-order valence-corrected chi connectivity index (χ1v) is 7.61. The maximum absolute atomic E-state index is 11.9. The van der Waals surface area contributed by atoms with Crippen molar-refractivity contribution in [3.05, 3.63) is 35.9 Å². The zero-order valence-corrected chi connectivity index (χ0v) is 14.2. The molecule has 0 radical (unpaired) electrons. The van der Waals surface area contributed by atoms with Gasteiger partial charge < -0.3 is 19.5 Å². The first kappa shape index (κ1) is 20.1. The fourth-order valence-electron chi connectivity index (χ4n) is 1.98. The van der Waals surface area contributed by atoms with Gasteiger partial charge in [0.15, 0.2) is 0 Å². The van der Waals surface area contributed by atoms with Crippen molar-refractivity contribution < 1.29 is 33.4 Å². The third-order valence-corrected chi connectivity index (χ3v) is 3.26. The van der Waals surface area contributed by atoms with Gasteiger partial charge in [0.05, 0.1) is 39.7 Å². The lowest BCUT2D eigenvalue weighted by molar-refractivity contribution is -0.154. The molecule has 8 nitrogen and oxygen atoms in total. The quantitative estimate of drug-likeness (QED) is 0.410. The number of carbonyl (C=O) groups is 4. The molecule has 1 atom stereocenters. The standard InChI is InChI=1S/C17H21NO7/c1-23-14(19)10-13(18-16(21)17(22)24-2)11-15(20)25-9-8-12-6-4-3-5-7-12/h3-7,13H,8-11H2,1-2H3,(H,18,21)/t13-/m0/s1. The van der Waals surface area contributed by atoms with E-state index in [-0.39, 0.29) is 19.4 Å². The molecule has 8 heteroatoms. The molecule has 0 saturated heterocycles. The summed E-state index contributed by atoms with van der Waals surface area (Å²) >= 11 is 0. The summed E-state index contributed by atoms with van der Waals surface area (Å²) < 4.78 is 13.9. The Morgan fingerprint density at radius 3 is 2.20 bits per heavy atom. The van der Waals surface area contributed by atoms with Gasteiger partial charge in [-0.05, 0) is 5.56 Å². The van der Waals surface area contributed by atoms with E-state index in [1.165, 1.54) is 7.11 Å². The van der Waals surface area contributed by atoms with Gasteiger partial charge in [-0.1, -0.05) is 30.3 Å². The number of methoxy groups -OCH3 is 2. The van der Waals surface area contributed by atoms with Crippen molar-refractivity contribution in [2.45, 2.75) is 25.3 Å². The van der Waals surface area contributed by atoms with E-state index < -0.39 is 29.9 Å². The van der Waals surface area contributed by atoms with Crippen molar-refractivity contribution in [2.24, 2.45) is 0 Å². The first-order valence-electron chi connectivity index (χ1n) is 7.61. The molecule has 1 aromatic rings. The van der Waals surface area contributed by atoms with Gasteiger partial charge in [-0.15, -0.1) is 0 Å². The van der Waals surface area contributed by atoms with Crippen LogP contribution in [0.2, 0.25) is 0 Å². The third kappa shape index (κ3) is 7.96. The average Bonchev–Trinajstić information content (AvgIpc) is 2.61. The van der Waals surface area contributed by atoms with Crippen molar-refractivity contribution in [1.29, 1.82) is 0 Å². The predicted molar refractivity (Wildman–Crippen MR) is 86.3 cm³/mol. The number of rotatable bonds is 8. The zero-order chi connectivity index (χ0) is 18.7. The summed E-state index contributed by atoms with van der Waals surface area (Å²) in [5.41, 5.74) is 1.01. The van der Waals surface area contributed by atoms with E-state index in [0.717, 1.165) is 12.7 Å². The Hall–Kier alpha value is -2.90. The number of esters is 3. The van der Waals surface area contributed by atoms with E-state index in [4.69, 9.17) is 4.74 Å². The number of hydrogen-bond acceptors (Lipinski definition) is 7. The van der Waals surface area contributed by atoms with Crippen LogP contribution >= 0.6 is 0 Å². The fraction of sp³-hybridized carbons (Fsp3) is 0.412. The van der Waals surface area contributed by atoms with Gasteiger partial charge in [0, 0.05) is 6.42 Å². The van der Waals surface area contributed by atoms with Crippen LogP contribution in [-0.2, 0) is 39.8 Å². The molecule has 0 unspecified atom stereocenters. The predicted octanol–water partition coefficient (Wildman–Crippen LogP) is 0.383. The van der Waals surface area contributed by atoms with Gasteiger partial charge in [-0.2, -0.15) is 0 Å². The molecule has 25 heavy (non-hydrogen) atoms. The second-order valence-corrected chi connectivity index (χ2v) is 5.10. The summed E-state index contributed by atoms with van der Waals surface area (Å²) in [6.45, 7) is 0.165. The van der Waals surface area contributed by atoms with E-state index in [9.17, 15) is 19.2 Å². The Balaban J connectivity index is 2.50. The molecular formula is C17H21NO7. The van der Waals surface area contributed by atoms with Gasteiger partial charge in [0.25, 0.3) is 0 Å². The van der Waals surface area contributed by atoms with Crippen molar-refractivity contribution in [3.63, 3.8) is 0 Å². The lowest BCUT2D eigenvalue weighted by Crippen LogP contribution is -2.42. The molecule has 0 heterocycles. The molecule has 0 aliphatic rings. The monoisotopic (exact) mass is 351 g/mol. The highest BCUT2D eigenvalue weighted by Gasteiger charge is 2.24. The van der Waals surface area contributed by atoms with Crippen LogP contribution in [0, 0.1) is 0 Å². The van der Waals surface area contributed by atoms with Crippen molar-refractivity contribution >= 4 is 23.8 Å². The first-order chi connectivity index (χ1) is 12.0. The Kier molecular flexibility index (Phi) is 8.70. The van der Waals surface area contributed by atoms with Crippen molar-refractivity contribution in [2.75, 3.05) is 20.8 Å². The Morgan fingerprint density at radius 1 is 0.960 bits per heavy atom.